The maximum absolute atomic E-state index is 11.4. The van der Waals surface area contributed by atoms with Crippen molar-refractivity contribution >= 4 is 17.7 Å². The third-order valence-corrected chi connectivity index (χ3v) is 2.32. The molecule has 4 nitrogen and oxygen atoms in total. The molecule has 1 aromatic rings. The van der Waals surface area contributed by atoms with E-state index in [0.29, 0.717) is 11.7 Å². The van der Waals surface area contributed by atoms with Gasteiger partial charge in [0.05, 0.1) is 0 Å². The van der Waals surface area contributed by atoms with Gasteiger partial charge in [-0.15, -0.1) is 0 Å². The second-order valence-electron chi connectivity index (χ2n) is 5.02. The van der Waals surface area contributed by atoms with Crippen LogP contribution in [0.1, 0.15) is 32.8 Å². The fourth-order valence-electron chi connectivity index (χ4n) is 1.35. The minimum atomic E-state index is -0.454. The van der Waals surface area contributed by atoms with Gasteiger partial charge in [-0.3, -0.25) is 0 Å². The van der Waals surface area contributed by atoms with Crippen LogP contribution in [-0.4, -0.2) is 23.2 Å². The van der Waals surface area contributed by atoms with Gasteiger partial charge in [0.15, 0.2) is 0 Å². The topological polar surface area (TPSA) is 51.2 Å². The molecule has 1 amide bonds. The molecule has 1 N–H and O–H groups in total. The first kappa shape index (κ1) is 14.8. The Hall–Kier alpha value is -1.29. The van der Waals surface area contributed by atoms with Crippen molar-refractivity contribution in [2.24, 2.45) is 0 Å². The SMILES string of the molecule is CC(C)(C)OC(=O)NCCCc1ccc(Cl)nc1. The van der Waals surface area contributed by atoms with Gasteiger partial charge in [-0.25, -0.2) is 9.78 Å². The molecule has 5 heteroatoms. The van der Waals surface area contributed by atoms with Crippen LogP contribution in [0.5, 0.6) is 0 Å². The van der Waals surface area contributed by atoms with Gasteiger partial charge in [-0.05, 0) is 45.2 Å². The molecule has 1 aromatic heterocycles. The molecule has 0 saturated carbocycles. The van der Waals surface area contributed by atoms with Crippen molar-refractivity contribution in [2.75, 3.05) is 6.54 Å². The Labute approximate surface area is 113 Å². The molecule has 18 heavy (non-hydrogen) atoms. The highest BCUT2D eigenvalue weighted by atomic mass is 35.5. The van der Waals surface area contributed by atoms with Gasteiger partial charge >= 0.3 is 6.09 Å². The molecule has 0 aliphatic rings. The first-order valence-electron chi connectivity index (χ1n) is 5.94. The van der Waals surface area contributed by atoms with Crippen LogP contribution in [0.2, 0.25) is 5.15 Å². The minimum Gasteiger partial charge on any atom is -0.444 e. The molecule has 0 fully saturated rings. The van der Waals surface area contributed by atoms with E-state index in [2.05, 4.69) is 10.3 Å². The molecule has 0 spiro atoms. The smallest absolute Gasteiger partial charge is 0.407 e. The Morgan fingerprint density at radius 1 is 1.44 bits per heavy atom. The maximum Gasteiger partial charge on any atom is 0.407 e. The van der Waals surface area contributed by atoms with Crippen molar-refractivity contribution in [1.29, 1.82) is 0 Å². The van der Waals surface area contributed by atoms with Crippen molar-refractivity contribution in [2.45, 2.75) is 39.2 Å². The van der Waals surface area contributed by atoms with Gasteiger partial charge < -0.3 is 10.1 Å². The summed E-state index contributed by atoms with van der Waals surface area (Å²) >= 11 is 5.69. The van der Waals surface area contributed by atoms with Crippen LogP contribution in [0.25, 0.3) is 0 Å². The summed E-state index contributed by atoms with van der Waals surface area (Å²) in [5.41, 5.74) is 0.648. The minimum absolute atomic E-state index is 0.378. The first-order valence-corrected chi connectivity index (χ1v) is 6.32. The molecule has 1 heterocycles. The van der Waals surface area contributed by atoms with Crippen LogP contribution in [0.15, 0.2) is 18.3 Å². The molecular formula is C13H19ClN2O2. The third-order valence-electron chi connectivity index (χ3n) is 2.10. The Kier molecular flexibility index (Phi) is 5.41. The van der Waals surface area contributed by atoms with E-state index in [4.69, 9.17) is 16.3 Å². The summed E-state index contributed by atoms with van der Waals surface area (Å²) in [5, 5.41) is 3.20. The highest BCUT2D eigenvalue weighted by Gasteiger charge is 2.15. The number of rotatable bonds is 4. The fourth-order valence-corrected chi connectivity index (χ4v) is 1.46. The lowest BCUT2D eigenvalue weighted by atomic mass is 10.1. The molecule has 0 bridgehead atoms. The number of aromatic nitrogens is 1. The second-order valence-corrected chi connectivity index (χ2v) is 5.41. The predicted octanol–water partition coefficient (Wildman–Crippen LogP) is 3.19. The molecule has 0 atom stereocenters. The average molecular weight is 271 g/mol. The van der Waals surface area contributed by atoms with Crippen LogP contribution >= 0.6 is 11.6 Å². The van der Waals surface area contributed by atoms with Crippen LogP contribution in [0.4, 0.5) is 4.79 Å². The molecule has 0 radical (unpaired) electrons. The molecule has 0 aromatic carbocycles. The number of alkyl carbamates (subject to hydrolysis) is 1. The third kappa shape index (κ3) is 6.45. The predicted molar refractivity (Wildman–Crippen MR) is 71.8 cm³/mol. The quantitative estimate of drug-likeness (QED) is 0.675. The van der Waals surface area contributed by atoms with E-state index in [-0.39, 0.29) is 6.09 Å². The molecule has 0 aliphatic heterocycles. The highest BCUT2D eigenvalue weighted by molar-refractivity contribution is 6.29. The lowest BCUT2D eigenvalue weighted by Crippen LogP contribution is -2.33. The van der Waals surface area contributed by atoms with Crippen molar-refractivity contribution in [3.05, 3.63) is 29.0 Å². The standard InChI is InChI=1S/C13H19ClN2O2/c1-13(2,3)18-12(17)15-8-4-5-10-6-7-11(14)16-9-10/h6-7,9H,4-5,8H2,1-3H3,(H,15,17). The lowest BCUT2D eigenvalue weighted by Gasteiger charge is -2.19. The maximum atomic E-state index is 11.4. The number of amides is 1. The number of pyridine rings is 1. The molecule has 100 valence electrons. The monoisotopic (exact) mass is 270 g/mol. The number of ether oxygens (including phenoxy) is 1. The number of aryl methyl sites for hydroxylation is 1. The largest absolute Gasteiger partial charge is 0.444 e. The van der Waals surface area contributed by atoms with Gasteiger partial charge in [-0.1, -0.05) is 17.7 Å². The summed E-state index contributed by atoms with van der Waals surface area (Å²) in [6.45, 7) is 6.10. The summed E-state index contributed by atoms with van der Waals surface area (Å²) in [5.74, 6) is 0. The lowest BCUT2D eigenvalue weighted by molar-refractivity contribution is 0.0527. The van der Waals surface area contributed by atoms with Gasteiger partial charge in [-0.2, -0.15) is 0 Å². The molecule has 1 rings (SSSR count). The van der Waals surface area contributed by atoms with Crippen molar-refractivity contribution < 1.29 is 9.53 Å². The Morgan fingerprint density at radius 3 is 2.72 bits per heavy atom. The van der Waals surface area contributed by atoms with Crippen LogP contribution in [0.3, 0.4) is 0 Å². The number of carbonyl (C=O) groups is 1. The van der Waals surface area contributed by atoms with Crippen LogP contribution in [0, 0.1) is 0 Å². The Bertz CT molecular complexity index is 385. The van der Waals surface area contributed by atoms with E-state index in [1.54, 1.807) is 12.3 Å². The number of carbonyl (C=O) groups excluding carboxylic acids is 1. The van der Waals surface area contributed by atoms with Crippen LogP contribution < -0.4 is 5.32 Å². The van der Waals surface area contributed by atoms with Crippen molar-refractivity contribution in [3.63, 3.8) is 0 Å². The molecule has 0 aliphatic carbocycles. The first-order chi connectivity index (χ1) is 8.37. The molecular weight excluding hydrogens is 252 g/mol. The van der Waals surface area contributed by atoms with Gasteiger partial charge in [0.2, 0.25) is 0 Å². The van der Waals surface area contributed by atoms with Crippen LogP contribution in [-0.2, 0) is 11.2 Å². The van der Waals surface area contributed by atoms with E-state index in [1.807, 2.05) is 26.8 Å². The van der Waals surface area contributed by atoms with Gasteiger partial charge in [0.1, 0.15) is 10.8 Å². The van der Waals surface area contributed by atoms with E-state index >= 15 is 0 Å². The number of nitrogens with one attached hydrogen (secondary N) is 1. The van der Waals surface area contributed by atoms with Crippen molar-refractivity contribution in [3.8, 4) is 0 Å². The van der Waals surface area contributed by atoms with E-state index in [1.165, 1.54) is 0 Å². The van der Waals surface area contributed by atoms with Gasteiger partial charge in [0.25, 0.3) is 0 Å². The summed E-state index contributed by atoms with van der Waals surface area (Å²) in [4.78, 5) is 15.3. The number of hydrogen-bond acceptors (Lipinski definition) is 3. The zero-order valence-corrected chi connectivity index (χ0v) is 11.8. The van der Waals surface area contributed by atoms with Gasteiger partial charge in [0, 0.05) is 12.7 Å². The zero-order valence-electron chi connectivity index (χ0n) is 11.0. The van der Waals surface area contributed by atoms with E-state index in [9.17, 15) is 4.79 Å². The normalized spacial score (nSPS) is 11.1. The summed E-state index contributed by atoms with van der Waals surface area (Å²) < 4.78 is 5.13. The number of halogens is 1. The number of hydrogen-bond donors (Lipinski definition) is 1. The van der Waals surface area contributed by atoms with E-state index < -0.39 is 5.60 Å². The molecule has 0 unspecified atom stereocenters. The summed E-state index contributed by atoms with van der Waals surface area (Å²) in [7, 11) is 0. The zero-order chi connectivity index (χ0) is 13.6. The van der Waals surface area contributed by atoms with Crippen molar-refractivity contribution in [1.82, 2.24) is 10.3 Å². The average Bonchev–Trinajstić information content (AvgIpc) is 2.24. The number of nitrogens with zero attached hydrogens (tertiary/aromatic N) is 1. The summed E-state index contributed by atoms with van der Waals surface area (Å²) in [6, 6.07) is 3.70. The molecule has 0 saturated heterocycles. The fraction of sp³-hybridized carbons (Fsp3) is 0.538. The second kappa shape index (κ2) is 6.59. The summed E-state index contributed by atoms with van der Waals surface area (Å²) in [6.07, 6.45) is 3.05. The highest BCUT2D eigenvalue weighted by Crippen LogP contribution is 2.08. The van der Waals surface area contributed by atoms with E-state index in [0.717, 1.165) is 18.4 Å². The Morgan fingerprint density at radius 2 is 2.17 bits per heavy atom. The Balaban J connectivity index is 2.19.